The van der Waals surface area contributed by atoms with E-state index >= 15 is 0 Å². The molecule has 1 amide bonds. The van der Waals surface area contributed by atoms with Crippen LogP contribution in [0.5, 0.6) is 0 Å². The van der Waals surface area contributed by atoms with Gasteiger partial charge in [0.2, 0.25) is 5.91 Å². The Morgan fingerprint density at radius 3 is 2.72 bits per heavy atom. The molecule has 1 aromatic rings. The maximum absolute atomic E-state index is 12.0. The number of fused-ring (bicyclic) bond motifs is 4. The summed E-state index contributed by atoms with van der Waals surface area (Å²) in [7, 11) is 0. The first-order valence-corrected chi connectivity index (χ1v) is 6.64. The highest BCUT2D eigenvalue weighted by Gasteiger charge is 2.60. The van der Waals surface area contributed by atoms with Gasteiger partial charge in [0, 0.05) is 19.0 Å². The van der Waals surface area contributed by atoms with E-state index in [9.17, 15) is 4.79 Å². The van der Waals surface area contributed by atoms with E-state index in [2.05, 4.69) is 37.8 Å². The van der Waals surface area contributed by atoms with Crippen LogP contribution in [0.4, 0.5) is 0 Å². The largest absolute Gasteiger partial charge is 0.369 e. The summed E-state index contributed by atoms with van der Waals surface area (Å²) >= 11 is 0. The summed E-state index contributed by atoms with van der Waals surface area (Å²) in [6.45, 7) is 9.11. The average molecular weight is 244 g/mol. The van der Waals surface area contributed by atoms with Gasteiger partial charge in [-0.2, -0.15) is 0 Å². The Morgan fingerprint density at radius 1 is 1.44 bits per heavy atom. The van der Waals surface area contributed by atoms with Crippen molar-refractivity contribution in [2.45, 2.75) is 32.1 Å². The number of primary amides is 1. The smallest absolute Gasteiger partial charge is 0.230 e. The molecule has 1 fully saturated rings. The lowest BCUT2D eigenvalue weighted by atomic mass is 9.57. The van der Waals surface area contributed by atoms with Gasteiger partial charge in [0.05, 0.1) is 5.41 Å². The number of carbonyl (C=O) groups is 1. The third-order valence-electron chi connectivity index (χ3n) is 4.92. The topological polar surface area (TPSA) is 46.3 Å². The third-order valence-corrected chi connectivity index (χ3v) is 4.92. The van der Waals surface area contributed by atoms with Crippen LogP contribution in [0, 0.1) is 13.8 Å². The van der Waals surface area contributed by atoms with Crippen molar-refractivity contribution in [1.29, 1.82) is 0 Å². The zero-order valence-electron chi connectivity index (χ0n) is 11.3. The van der Waals surface area contributed by atoms with Crippen molar-refractivity contribution >= 4 is 5.91 Å². The number of amides is 1. The molecule has 3 rings (SSSR count). The molecule has 2 N–H and O–H groups in total. The Kier molecular flexibility index (Phi) is 2.33. The van der Waals surface area contributed by atoms with E-state index in [4.69, 9.17) is 5.73 Å². The summed E-state index contributed by atoms with van der Waals surface area (Å²) in [6, 6.07) is 4.42. The molecule has 0 saturated carbocycles. The predicted octanol–water partition coefficient (Wildman–Crippen LogP) is 1.46. The fourth-order valence-corrected chi connectivity index (χ4v) is 3.64. The average Bonchev–Trinajstić information content (AvgIpc) is 2.67. The molecule has 0 aromatic heterocycles. The van der Waals surface area contributed by atoms with Crippen LogP contribution >= 0.6 is 0 Å². The zero-order valence-corrected chi connectivity index (χ0v) is 11.3. The van der Waals surface area contributed by atoms with Crippen molar-refractivity contribution in [3.8, 4) is 0 Å². The number of hydrogen-bond acceptors (Lipinski definition) is 2. The van der Waals surface area contributed by atoms with E-state index in [0.29, 0.717) is 5.92 Å². The van der Waals surface area contributed by atoms with Crippen LogP contribution < -0.4 is 5.73 Å². The van der Waals surface area contributed by atoms with Gasteiger partial charge in [-0.15, -0.1) is 0 Å². The first kappa shape index (κ1) is 11.7. The highest BCUT2D eigenvalue weighted by molar-refractivity contribution is 5.93. The molecular weight excluding hydrogens is 224 g/mol. The molecule has 0 bridgehead atoms. The molecule has 0 spiro atoms. The second kappa shape index (κ2) is 3.58. The van der Waals surface area contributed by atoms with Crippen molar-refractivity contribution in [2.24, 2.45) is 5.73 Å². The molecular formula is C15H20N2O. The molecule has 1 aliphatic carbocycles. The van der Waals surface area contributed by atoms with Gasteiger partial charge in [0.15, 0.2) is 0 Å². The standard InChI is InChI=1S/C15H20N2O/c1-4-17-7-13-11-5-9(2)10(3)6-12(11)15(13,8-17)14(16)18/h5-6,13H,4,7-8H2,1-3H3,(H2,16,18). The first-order valence-electron chi connectivity index (χ1n) is 6.64. The number of likely N-dealkylation sites (tertiary alicyclic amines) is 1. The first-order chi connectivity index (χ1) is 8.50. The van der Waals surface area contributed by atoms with Gasteiger partial charge in [0.25, 0.3) is 0 Å². The second-order valence-electron chi connectivity index (χ2n) is 5.74. The summed E-state index contributed by atoms with van der Waals surface area (Å²) in [6.07, 6.45) is 0. The number of benzene rings is 1. The van der Waals surface area contributed by atoms with Crippen LogP contribution in [0.1, 0.15) is 35.1 Å². The predicted molar refractivity (Wildman–Crippen MR) is 71.6 cm³/mol. The SMILES string of the molecule is CCN1CC2c3cc(C)c(C)cc3C2(C(N)=O)C1. The van der Waals surface area contributed by atoms with Gasteiger partial charge >= 0.3 is 0 Å². The van der Waals surface area contributed by atoms with Gasteiger partial charge in [-0.1, -0.05) is 19.1 Å². The molecule has 1 aromatic carbocycles. The monoisotopic (exact) mass is 244 g/mol. The molecule has 2 unspecified atom stereocenters. The van der Waals surface area contributed by atoms with Gasteiger partial charge in [0.1, 0.15) is 0 Å². The van der Waals surface area contributed by atoms with Crippen LogP contribution in [0.25, 0.3) is 0 Å². The second-order valence-corrected chi connectivity index (χ2v) is 5.74. The van der Waals surface area contributed by atoms with Crippen molar-refractivity contribution in [3.05, 3.63) is 34.4 Å². The maximum atomic E-state index is 12.0. The Labute approximate surface area is 108 Å². The van der Waals surface area contributed by atoms with Crippen molar-refractivity contribution in [2.75, 3.05) is 19.6 Å². The number of rotatable bonds is 2. The van der Waals surface area contributed by atoms with E-state index in [1.165, 1.54) is 22.3 Å². The molecule has 2 atom stereocenters. The molecule has 1 heterocycles. The highest BCUT2D eigenvalue weighted by Crippen LogP contribution is 2.56. The van der Waals surface area contributed by atoms with E-state index in [-0.39, 0.29) is 5.91 Å². The van der Waals surface area contributed by atoms with Gasteiger partial charge < -0.3 is 10.6 Å². The van der Waals surface area contributed by atoms with E-state index < -0.39 is 5.41 Å². The van der Waals surface area contributed by atoms with Gasteiger partial charge in [-0.25, -0.2) is 0 Å². The van der Waals surface area contributed by atoms with E-state index in [0.717, 1.165) is 19.6 Å². The van der Waals surface area contributed by atoms with E-state index in [1.54, 1.807) is 0 Å². The molecule has 18 heavy (non-hydrogen) atoms. The van der Waals surface area contributed by atoms with Crippen molar-refractivity contribution in [1.82, 2.24) is 4.90 Å². The summed E-state index contributed by atoms with van der Waals surface area (Å²) in [4.78, 5) is 14.3. The number of carbonyl (C=O) groups excluding carboxylic acids is 1. The van der Waals surface area contributed by atoms with Gasteiger partial charge in [-0.05, 0) is 42.6 Å². The fourth-order valence-electron chi connectivity index (χ4n) is 3.64. The summed E-state index contributed by atoms with van der Waals surface area (Å²) in [5, 5.41) is 0. The Balaban J connectivity index is 2.13. The van der Waals surface area contributed by atoms with Crippen LogP contribution in [-0.2, 0) is 10.2 Å². The molecule has 96 valence electrons. The normalized spacial score (nSPS) is 29.6. The minimum Gasteiger partial charge on any atom is -0.369 e. The molecule has 3 heteroatoms. The number of aryl methyl sites for hydroxylation is 2. The van der Waals surface area contributed by atoms with E-state index in [1.807, 2.05) is 0 Å². The Morgan fingerprint density at radius 2 is 2.11 bits per heavy atom. The lowest BCUT2D eigenvalue weighted by Crippen LogP contribution is -2.53. The number of nitrogens with two attached hydrogens (primary N) is 1. The minimum atomic E-state index is -0.413. The quantitative estimate of drug-likeness (QED) is 0.856. The van der Waals surface area contributed by atoms with Crippen LogP contribution in [-0.4, -0.2) is 30.4 Å². The van der Waals surface area contributed by atoms with Crippen LogP contribution in [0.15, 0.2) is 12.1 Å². The van der Waals surface area contributed by atoms with Crippen LogP contribution in [0.2, 0.25) is 0 Å². The number of likely N-dealkylation sites (N-methyl/N-ethyl adjacent to an activating group) is 1. The highest BCUT2D eigenvalue weighted by atomic mass is 16.1. The van der Waals surface area contributed by atoms with Gasteiger partial charge in [-0.3, -0.25) is 4.79 Å². The third kappa shape index (κ3) is 1.20. The lowest BCUT2D eigenvalue weighted by Gasteiger charge is -2.44. The maximum Gasteiger partial charge on any atom is 0.230 e. The molecule has 2 aliphatic rings. The molecule has 1 saturated heterocycles. The van der Waals surface area contributed by atoms with Crippen molar-refractivity contribution in [3.63, 3.8) is 0 Å². The fraction of sp³-hybridized carbons (Fsp3) is 0.533. The zero-order chi connectivity index (χ0) is 13.1. The molecule has 1 aliphatic heterocycles. The summed E-state index contributed by atoms with van der Waals surface area (Å²) in [5.41, 5.74) is 10.4. The number of hydrogen-bond donors (Lipinski definition) is 1. The minimum absolute atomic E-state index is 0.154. The summed E-state index contributed by atoms with van der Waals surface area (Å²) < 4.78 is 0. The Hall–Kier alpha value is -1.35. The Bertz CT molecular complexity index is 538. The van der Waals surface area contributed by atoms with Crippen molar-refractivity contribution < 1.29 is 4.79 Å². The summed E-state index contributed by atoms with van der Waals surface area (Å²) in [5.74, 6) is 0.156. The molecule has 3 nitrogen and oxygen atoms in total. The number of nitrogens with zero attached hydrogens (tertiary/aromatic N) is 1. The van der Waals surface area contributed by atoms with Crippen LogP contribution in [0.3, 0.4) is 0 Å². The lowest BCUT2D eigenvalue weighted by molar-refractivity contribution is -0.124. The molecule has 0 radical (unpaired) electrons.